The van der Waals surface area contributed by atoms with Crippen molar-refractivity contribution in [2.45, 2.75) is 64.3 Å². The Morgan fingerprint density at radius 3 is 2.70 bits per heavy atom. The van der Waals surface area contributed by atoms with Crippen LogP contribution >= 0.6 is 0 Å². The van der Waals surface area contributed by atoms with E-state index in [1.165, 1.54) is 12.8 Å². The van der Waals surface area contributed by atoms with Crippen molar-refractivity contribution in [2.24, 2.45) is 11.7 Å². The molecular weight excluding hydrogens is 254 g/mol. The van der Waals surface area contributed by atoms with Crippen LogP contribution in [0.4, 0.5) is 0 Å². The van der Waals surface area contributed by atoms with Gasteiger partial charge in [-0.3, -0.25) is 0 Å². The van der Waals surface area contributed by atoms with Gasteiger partial charge >= 0.3 is 0 Å². The summed E-state index contributed by atoms with van der Waals surface area (Å²) >= 11 is 0. The minimum absolute atomic E-state index is 0.403. The monoisotopic (exact) mass is 281 g/mol. The van der Waals surface area contributed by atoms with Gasteiger partial charge in [0.15, 0.2) is 5.82 Å². The third kappa shape index (κ3) is 3.79. The van der Waals surface area contributed by atoms with Gasteiger partial charge in [-0.25, -0.2) is 0 Å². The summed E-state index contributed by atoms with van der Waals surface area (Å²) in [6, 6.07) is 0. The minimum Gasteiger partial charge on any atom is -0.379 e. The van der Waals surface area contributed by atoms with Gasteiger partial charge in [0.1, 0.15) is 5.54 Å². The van der Waals surface area contributed by atoms with Crippen molar-refractivity contribution in [3.8, 4) is 0 Å². The van der Waals surface area contributed by atoms with Gasteiger partial charge in [0.25, 0.3) is 0 Å². The highest BCUT2D eigenvalue weighted by molar-refractivity contribution is 5.04. The molecule has 20 heavy (non-hydrogen) atoms. The second-order valence-corrected chi connectivity index (χ2v) is 6.38. The van der Waals surface area contributed by atoms with Crippen LogP contribution in [0.3, 0.4) is 0 Å². The summed E-state index contributed by atoms with van der Waals surface area (Å²) in [7, 11) is 0. The molecule has 0 saturated heterocycles. The molecule has 0 aliphatic heterocycles. The summed E-state index contributed by atoms with van der Waals surface area (Å²) in [4.78, 5) is 4.53. The first-order valence-electron chi connectivity index (χ1n) is 7.73. The molecule has 1 aromatic rings. The number of rotatable bonds is 6. The van der Waals surface area contributed by atoms with Crippen LogP contribution in [-0.4, -0.2) is 23.4 Å². The Balaban J connectivity index is 1.97. The Bertz CT molecular complexity index is 409. The number of nitrogens with zero attached hydrogens (tertiary/aromatic N) is 2. The van der Waals surface area contributed by atoms with Gasteiger partial charge in [0, 0.05) is 12.5 Å². The van der Waals surface area contributed by atoms with Crippen molar-refractivity contribution in [1.82, 2.24) is 10.1 Å². The second-order valence-electron chi connectivity index (χ2n) is 6.38. The highest BCUT2D eigenvalue weighted by Crippen LogP contribution is 2.35. The topological polar surface area (TPSA) is 74.2 Å². The maximum absolute atomic E-state index is 6.23. The number of nitrogens with two attached hydrogens (primary N) is 1. The molecular formula is C15H27N3O2. The van der Waals surface area contributed by atoms with Gasteiger partial charge in [-0.1, -0.05) is 19.0 Å². The molecule has 0 aromatic carbocycles. The van der Waals surface area contributed by atoms with Crippen molar-refractivity contribution in [3.05, 3.63) is 11.7 Å². The first-order chi connectivity index (χ1) is 9.53. The van der Waals surface area contributed by atoms with E-state index in [1.54, 1.807) is 0 Å². The Morgan fingerprint density at radius 2 is 2.05 bits per heavy atom. The predicted molar refractivity (Wildman–Crippen MR) is 77.3 cm³/mol. The molecule has 5 heteroatoms. The zero-order chi connectivity index (χ0) is 14.6. The van der Waals surface area contributed by atoms with Gasteiger partial charge in [-0.05, 0) is 44.9 Å². The van der Waals surface area contributed by atoms with Crippen LogP contribution in [0.1, 0.15) is 70.5 Å². The lowest BCUT2D eigenvalue weighted by Crippen LogP contribution is -2.39. The standard InChI is InChI=1S/C15H27N3O2/c1-4-9-19-10-15(3,16)14-17-13(20-18-14)12-7-5-11(2)6-8-12/h11-12H,4-10,16H2,1-3H3. The predicted octanol–water partition coefficient (Wildman–Crippen LogP) is 2.96. The molecule has 2 rings (SSSR count). The maximum atomic E-state index is 6.23. The molecule has 1 atom stereocenters. The van der Waals surface area contributed by atoms with Crippen LogP contribution in [0.2, 0.25) is 0 Å². The smallest absolute Gasteiger partial charge is 0.229 e. The van der Waals surface area contributed by atoms with Crippen LogP contribution in [0.15, 0.2) is 4.52 Å². The fraction of sp³-hybridized carbons (Fsp3) is 0.867. The van der Waals surface area contributed by atoms with Crippen molar-refractivity contribution < 1.29 is 9.26 Å². The highest BCUT2D eigenvalue weighted by Gasteiger charge is 2.31. The van der Waals surface area contributed by atoms with E-state index in [0.717, 1.165) is 31.1 Å². The Morgan fingerprint density at radius 1 is 1.35 bits per heavy atom. The lowest BCUT2D eigenvalue weighted by atomic mass is 9.83. The third-order valence-electron chi connectivity index (χ3n) is 4.07. The van der Waals surface area contributed by atoms with Crippen LogP contribution < -0.4 is 5.73 Å². The van der Waals surface area contributed by atoms with Gasteiger partial charge in [0.2, 0.25) is 5.89 Å². The molecule has 2 N–H and O–H groups in total. The van der Waals surface area contributed by atoms with E-state index < -0.39 is 5.54 Å². The van der Waals surface area contributed by atoms with Gasteiger partial charge < -0.3 is 15.0 Å². The van der Waals surface area contributed by atoms with Crippen molar-refractivity contribution in [2.75, 3.05) is 13.2 Å². The quantitative estimate of drug-likeness (QED) is 0.811. The number of hydrogen-bond acceptors (Lipinski definition) is 5. The Hall–Kier alpha value is -0.940. The summed E-state index contributed by atoms with van der Waals surface area (Å²) in [6.07, 6.45) is 5.73. The molecule has 1 aromatic heterocycles. The molecule has 0 spiro atoms. The molecule has 1 saturated carbocycles. The summed E-state index contributed by atoms with van der Waals surface area (Å²) in [5, 5.41) is 4.07. The molecule has 1 aliphatic carbocycles. The van der Waals surface area contributed by atoms with Crippen LogP contribution in [0.5, 0.6) is 0 Å². The Kier molecular flexibility index (Phi) is 5.16. The summed E-state index contributed by atoms with van der Waals surface area (Å²) < 4.78 is 11.0. The fourth-order valence-electron chi connectivity index (χ4n) is 2.63. The first kappa shape index (κ1) is 15.4. The molecule has 5 nitrogen and oxygen atoms in total. The van der Waals surface area contributed by atoms with Crippen molar-refractivity contribution in [1.29, 1.82) is 0 Å². The van der Waals surface area contributed by atoms with E-state index in [4.69, 9.17) is 15.0 Å². The van der Waals surface area contributed by atoms with E-state index in [9.17, 15) is 0 Å². The van der Waals surface area contributed by atoms with E-state index in [2.05, 4.69) is 24.0 Å². The summed E-state index contributed by atoms with van der Waals surface area (Å²) in [5.74, 6) is 2.52. The van der Waals surface area contributed by atoms with Crippen molar-refractivity contribution in [3.63, 3.8) is 0 Å². The van der Waals surface area contributed by atoms with Gasteiger partial charge in [0.05, 0.1) is 6.61 Å². The summed E-state index contributed by atoms with van der Waals surface area (Å²) in [5.41, 5.74) is 5.55. The van der Waals surface area contributed by atoms with E-state index in [0.29, 0.717) is 25.0 Å². The van der Waals surface area contributed by atoms with E-state index in [-0.39, 0.29) is 0 Å². The lowest BCUT2D eigenvalue weighted by molar-refractivity contribution is 0.0867. The molecule has 1 unspecified atom stereocenters. The number of hydrogen-bond donors (Lipinski definition) is 1. The van der Waals surface area contributed by atoms with E-state index in [1.807, 2.05) is 6.92 Å². The SMILES string of the molecule is CCCOCC(C)(N)c1noc(C2CCC(C)CC2)n1. The maximum Gasteiger partial charge on any atom is 0.229 e. The van der Waals surface area contributed by atoms with Crippen LogP contribution in [-0.2, 0) is 10.3 Å². The number of aromatic nitrogens is 2. The third-order valence-corrected chi connectivity index (χ3v) is 4.07. The van der Waals surface area contributed by atoms with Crippen molar-refractivity contribution >= 4 is 0 Å². The molecule has 1 aliphatic rings. The second kappa shape index (κ2) is 6.68. The molecule has 114 valence electrons. The first-order valence-corrected chi connectivity index (χ1v) is 7.73. The molecule has 0 bridgehead atoms. The van der Waals surface area contributed by atoms with Gasteiger partial charge in [-0.2, -0.15) is 4.98 Å². The minimum atomic E-state index is -0.682. The van der Waals surface area contributed by atoms with Crippen LogP contribution in [0, 0.1) is 5.92 Å². The molecule has 1 fully saturated rings. The zero-order valence-electron chi connectivity index (χ0n) is 12.9. The molecule has 0 amide bonds. The zero-order valence-corrected chi connectivity index (χ0v) is 12.9. The average molecular weight is 281 g/mol. The number of ether oxygens (including phenoxy) is 1. The normalized spacial score (nSPS) is 26.4. The molecule has 0 radical (unpaired) electrons. The Labute approximate surface area is 121 Å². The fourth-order valence-corrected chi connectivity index (χ4v) is 2.63. The lowest BCUT2D eigenvalue weighted by Gasteiger charge is -2.23. The largest absolute Gasteiger partial charge is 0.379 e. The van der Waals surface area contributed by atoms with E-state index >= 15 is 0 Å². The molecule has 1 heterocycles. The van der Waals surface area contributed by atoms with Crippen LogP contribution in [0.25, 0.3) is 0 Å². The highest BCUT2D eigenvalue weighted by atomic mass is 16.5. The average Bonchev–Trinajstić information content (AvgIpc) is 2.90. The van der Waals surface area contributed by atoms with Gasteiger partial charge in [-0.15, -0.1) is 0 Å². The summed E-state index contributed by atoms with van der Waals surface area (Å²) in [6.45, 7) is 7.39.